The Bertz CT molecular complexity index is 762. The summed E-state index contributed by atoms with van der Waals surface area (Å²) >= 11 is 0. The van der Waals surface area contributed by atoms with Crippen LogP contribution >= 0.6 is 0 Å². The zero-order chi connectivity index (χ0) is 18.8. The summed E-state index contributed by atoms with van der Waals surface area (Å²) in [5.41, 5.74) is 2.39. The first-order valence-corrected chi connectivity index (χ1v) is 9.05. The van der Waals surface area contributed by atoms with E-state index < -0.39 is 30.1 Å². The van der Waals surface area contributed by atoms with Crippen molar-refractivity contribution < 1.29 is 28.9 Å². The number of fused-ring (bicyclic) bond motifs is 5. The second-order valence-electron chi connectivity index (χ2n) is 7.80. The van der Waals surface area contributed by atoms with Gasteiger partial charge in [0.2, 0.25) is 0 Å². The van der Waals surface area contributed by atoms with Gasteiger partial charge in [0.05, 0.1) is 18.6 Å². The van der Waals surface area contributed by atoms with E-state index in [1.165, 1.54) is 0 Å². The molecule has 6 heteroatoms. The molecule has 26 heavy (non-hydrogen) atoms. The van der Waals surface area contributed by atoms with Crippen LogP contribution in [0.4, 0.5) is 0 Å². The summed E-state index contributed by atoms with van der Waals surface area (Å²) < 4.78 is 17.3. The van der Waals surface area contributed by atoms with Crippen molar-refractivity contribution in [2.75, 3.05) is 6.61 Å². The smallest absolute Gasteiger partial charge is 0.334 e. The molecule has 2 saturated heterocycles. The Balaban J connectivity index is 1.75. The Morgan fingerprint density at radius 3 is 2.85 bits per heavy atom. The molecule has 0 radical (unpaired) electrons. The summed E-state index contributed by atoms with van der Waals surface area (Å²) in [6.07, 6.45) is 1.81. The van der Waals surface area contributed by atoms with Crippen molar-refractivity contribution in [1.82, 2.24) is 0 Å². The molecule has 2 aliphatic heterocycles. The van der Waals surface area contributed by atoms with Crippen LogP contribution in [0.25, 0.3) is 0 Å². The fourth-order valence-electron chi connectivity index (χ4n) is 4.80. The number of epoxide rings is 1. The largest absolute Gasteiger partial charge is 0.458 e. The summed E-state index contributed by atoms with van der Waals surface area (Å²) in [6, 6.07) is 0. The third-order valence-electron chi connectivity index (χ3n) is 6.47. The highest BCUT2D eigenvalue weighted by Gasteiger charge is 2.70. The highest BCUT2D eigenvalue weighted by atomic mass is 16.6. The topological polar surface area (TPSA) is 85.4 Å². The molecule has 4 aliphatic rings. The number of hydrogen-bond donors (Lipinski definition) is 1. The van der Waals surface area contributed by atoms with Crippen molar-refractivity contribution >= 4 is 11.9 Å². The number of carbonyl (C=O) groups is 2. The van der Waals surface area contributed by atoms with Crippen LogP contribution in [0.5, 0.6) is 0 Å². The van der Waals surface area contributed by atoms with Crippen LogP contribution in [0, 0.1) is 11.8 Å². The van der Waals surface area contributed by atoms with Crippen LogP contribution < -0.4 is 0 Å². The normalized spacial score (nSPS) is 41.2. The van der Waals surface area contributed by atoms with E-state index in [9.17, 15) is 14.7 Å². The van der Waals surface area contributed by atoms with Gasteiger partial charge in [0, 0.05) is 23.5 Å². The fourth-order valence-corrected chi connectivity index (χ4v) is 4.80. The van der Waals surface area contributed by atoms with Crippen LogP contribution in [0.2, 0.25) is 0 Å². The van der Waals surface area contributed by atoms with Gasteiger partial charge in [0.25, 0.3) is 0 Å². The molecule has 6 nitrogen and oxygen atoms in total. The van der Waals surface area contributed by atoms with Gasteiger partial charge >= 0.3 is 11.9 Å². The minimum absolute atomic E-state index is 0.0987. The molecule has 0 aromatic heterocycles. The molecule has 0 bridgehead atoms. The maximum Gasteiger partial charge on any atom is 0.334 e. The van der Waals surface area contributed by atoms with Gasteiger partial charge in [-0.2, -0.15) is 0 Å². The lowest BCUT2D eigenvalue weighted by molar-refractivity contribution is -0.149. The lowest BCUT2D eigenvalue weighted by Gasteiger charge is -2.30. The van der Waals surface area contributed by atoms with E-state index in [0.29, 0.717) is 17.6 Å². The summed E-state index contributed by atoms with van der Waals surface area (Å²) in [7, 11) is 0. The van der Waals surface area contributed by atoms with Crippen molar-refractivity contribution in [2.24, 2.45) is 11.8 Å². The Morgan fingerprint density at radius 1 is 1.46 bits per heavy atom. The molecule has 0 aromatic carbocycles. The standard InChI is InChI=1S/C20H24O6/c1-5-9(2)18(22)24-13-6-11(8-21)12-7-14-20(4,26-14)16(12)17-15(13)10(3)19(23)25-17/h5,13-17,21H,3,6-8H2,1-2,4H3/b9-5+/t13-,14-,15-,16+,17-,20-/m1/s1. The van der Waals surface area contributed by atoms with Gasteiger partial charge in [0.1, 0.15) is 17.8 Å². The number of rotatable bonds is 3. The Labute approximate surface area is 152 Å². The molecule has 2 aliphatic carbocycles. The molecule has 0 unspecified atom stereocenters. The first-order valence-electron chi connectivity index (χ1n) is 9.05. The molecule has 1 saturated carbocycles. The van der Waals surface area contributed by atoms with Crippen molar-refractivity contribution in [3.63, 3.8) is 0 Å². The number of ether oxygens (including phenoxy) is 3. The quantitative estimate of drug-likeness (QED) is 0.358. The van der Waals surface area contributed by atoms with Crippen molar-refractivity contribution in [2.45, 2.75) is 57.5 Å². The Kier molecular flexibility index (Phi) is 3.90. The van der Waals surface area contributed by atoms with Gasteiger partial charge < -0.3 is 19.3 Å². The number of aliphatic hydroxyl groups excluding tert-OH is 1. The van der Waals surface area contributed by atoms with Gasteiger partial charge in [-0.05, 0) is 32.8 Å². The van der Waals surface area contributed by atoms with Crippen molar-refractivity contribution in [3.05, 3.63) is 34.9 Å². The number of esters is 2. The van der Waals surface area contributed by atoms with Crippen molar-refractivity contribution in [1.29, 1.82) is 0 Å². The zero-order valence-corrected chi connectivity index (χ0v) is 15.3. The van der Waals surface area contributed by atoms with Gasteiger partial charge in [-0.25, -0.2) is 9.59 Å². The molecule has 2 heterocycles. The fraction of sp³-hybridized carbons (Fsp3) is 0.600. The Morgan fingerprint density at radius 2 is 2.19 bits per heavy atom. The van der Waals surface area contributed by atoms with Gasteiger partial charge in [0.15, 0.2) is 0 Å². The lowest BCUT2D eigenvalue weighted by Crippen LogP contribution is -2.40. The molecule has 4 rings (SSSR count). The number of aliphatic hydroxyl groups is 1. The molecule has 0 aromatic rings. The average molecular weight is 360 g/mol. The highest BCUT2D eigenvalue weighted by Crippen LogP contribution is 2.62. The van der Waals surface area contributed by atoms with Crippen molar-refractivity contribution in [3.8, 4) is 0 Å². The number of carbonyl (C=O) groups excluding carboxylic acids is 2. The molecule has 6 atom stereocenters. The van der Waals surface area contributed by atoms with Gasteiger partial charge in [-0.1, -0.05) is 18.2 Å². The number of allylic oxidation sites excluding steroid dienone is 1. The number of hydrogen-bond acceptors (Lipinski definition) is 6. The SMILES string of the molecule is C=C1C(=O)O[C@@H]2[C@H]1[C@H](OC(=O)/C(C)=C/C)CC(CO)=C1C[C@H]3O[C@@]3(C)[C@@H]12. The molecule has 0 amide bonds. The maximum absolute atomic E-state index is 12.4. The third-order valence-corrected chi connectivity index (χ3v) is 6.47. The molecule has 1 N–H and O–H groups in total. The lowest BCUT2D eigenvalue weighted by atomic mass is 9.80. The van der Waals surface area contributed by atoms with E-state index in [1.54, 1.807) is 19.9 Å². The summed E-state index contributed by atoms with van der Waals surface area (Å²) in [6.45, 7) is 9.28. The van der Waals surface area contributed by atoms with Crippen LogP contribution in [0.1, 0.15) is 33.6 Å². The van der Waals surface area contributed by atoms with Crippen LogP contribution in [-0.2, 0) is 23.8 Å². The predicted octanol–water partition coefficient (Wildman–Crippen LogP) is 1.83. The second kappa shape index (κ2) is 5.79. The maximum atomic E-state index is 12.4. The van der Waals surface area contributed by atoms with Gasteiger partial charge in [-0.3, -0.25) is 0 Å². The van der Waals surface area contributed by atoms with Gasteiger partial charge in [-0.15, -0.1) is 0 Å². The summed E-state index contributed by atoms with van der Waals surface area (Å²) in [5, 5.41) is 9.96. The van der Waals surface area contributed by atoms with E-state index in [0.717, 1.165) is 17.6 Å². The van der Waals surface area contributed by atoms with E-state index in [-0.39, 0.29) is 24.2 Å². The van der Waals surface area contributed by atoms with Crippen LogP contribution in [-0.4, -0.2) is 47.6 Å². The molecule has 3 fully saturated rings. The molecular formula is C20H24O6. The first-order chi connectivity index (χ1) is 12.3. The minimum atomic E-state index is -0.595. The van der Waals surface area contributed by atoms with E-state index >= 15 is 0 Å². The molecule has 0 spiro atoms. The van der Waals surface area contributed by atoms with E-state index in [1.807, 2.05) is 6.92 Å². The second-order valence-corrected chi connectivity index (χ2v) is 7.80. The Hall–Kier alpha value is -1.92. The summed E-state index contributed by atoms with van der Waals surface area (Å²) in [4.78, 5) is 24.6. The minimum Gasteiger partial charge on any atom is -0.458 e. The average Bonchev–Trinajstić information content (AvgIpc) is 3.09. The van der Waals surface area contributed by atoms with E-state index in [4.69, 9.17) is 14.2 Å². The molecule has 140 valence electrons. The highest BCUT2D eigenvalue weighted by molar-refractivity contribution is 5.92. The third kappa shape index (κ3) is 2.32. The zero-order valence-electron chi connectivity index (χ0n) is 15.3. The monoisotopic (exact) mass is 360 g/mol. The first kappa shape index (κ1) is 17.5. The van der Waals surface area contributed by atoms with E-state index in [2.05, 4.69) is 6.58 Å². The van der Waals surface area contributed by atoms with Crippen LogP contribution in [0.3, 0.4) is 0 Å². The molecular weight excluding hydrogens is 336 g/mol. The predicted molar refractivity (Wildman–Crippen MR) is 91.9 cm³/mol. The van der Waals surface area contributed by atoms with Crippen LogP contribution in [0.15, 0.2) is 34.9 Å². The summed E-state index contributed by atoms with van der Waals surface area (Å²) in [5.74, 6) is -1.43.